The predicted molar refractivity (Wildman–Crippen MR) is 79.6 cm³/mol. The Bertz CT molecular complexity index is 415. The molecule has 108 valence electrons. The molecule has 0 aliphatic carbocycles. The summed E-state index contributed by atoms with van der Waals surface area (Å²) in [5, 5.41) is 0. The highest BCUT2D eigenvalue weighted by Crippen LogP contribution is 2.33. The van der Waals surface area contributed by atoms with Crippen molar-refractivity contribution in [1.29, 1.82) is 0 Å². The maximum atomic E-state index is 6.42. The highest BCUT2D eigenvalue weighted by molar-refractivity contribution is 5.47. The predicted octanol–water partition coefficient (Wildman–Crippen LogP) is 3.37. The average molecular weight is 265 g/mol. The number of hydrogen-bond donors (Lipinski definition) is 1. The largest absolute Gasteiger partial charge is 0.496 e. The van der Waals surface area contributed by atoms with Gasteiger partial charge in [0.2, 0.25) is 0 Å². The third-order valence-electron chi connectivity index (χ3n) is 3.64. The summed E-state index contributed by atoms with van der Waals surface area (Å²) < 4.78 is 11.4. The fourth-order valence-corrected chi connectivity index (χ4v) is 2.42. The summed E-state index contributed by atoms with van der Waals surface area (Å²) in [6.07, 6.45) is 0.000932. The van der Waals surface area contributed by atoms with Gasteiger partial charge in [0.1, 0.15) is 5.75 Å². The van der Waals surface area contributed by atoms with E-state index in [1.54, 1.807) is 7.11 Å². The van der Waals surface area contributed by atoms with E-state index in [4.69, 9.17) is 15.2 Å². The first kappa shape index (κ1) is 16.0. The highest BCUT2D eigenvalue weighted by atomic mass is 16.5. The molecule has 1 rings (SSSR count). The molecule has 2 atom stereocenters. The maximum absolute atomic E-state index is 6.42. The molecule has 1 aromatic rings. The van der Waals surface area contributed by atoms with E-state index in [2.05, 4.69) is 39.8 Å². The van der Waals surface area contributed by atoms with Gasteiger partial charge in [0.05, 0.1) is 19.3 Å². The van der Waals surface area contributed by atoms with E-state index in [1.807, 2.05) is 6.92 Å². The van der Waals surface area contributed by atoms with Gasteiger partial charge in [0.15, 0.2) is 0 Å². The summed E-state index contributed by atoms with van der Waals surface area (Å²) in [4.78, 5) is 0. The number of rotatable bonds is 6. The third kappa shape index (κ3) is 3.48. The first-order valence-corrected chi connectivity index (χ1v) is 6.95. The van der Waals surface area contributed by atoms with E-state index in [9.17, 15) is 0 Å². The van der Waals surface area contributed by atoms with Crippen LogP contribution < -0.4 is 10.5 Å². The smallest absolute Gasteiger partial charge is 0.126 e. The molecule has 0 fully saturated rings. The van der Waals surface area contributed by atoms with Crippen molar-refractivity contribution in [2.24, 2.45) is 11.7 Å². The molecule has 0 aliphatic rings. The molecular weight excluding hydrogens is 238 g/mol. The lowest BCUT2D eigenvalue weighted by Gasteiger charge is -2.29. The van der Waals surface area contributed by atoms with Gasteiger partial charge >= 0.3 is 0 Å². The molecule has 1 aromatic carbocycles. The quantitative estimate of drug-likeness (QED) is 0.857. The average Bonchev–Trinajstić information content (AvgIpc) is 2.37. The Morgan fingerprint density at radius 2 is 1.84 bits per heavy atom. The normalized spacial score (nSPS) is 14.5. The minimum atomic E-state index is -0.172. The molecule has 0 bridgehead atoms. The molecule has 2 unspecified atom stereocenters. The van der Waals surface area contributed by atoms with E-state index in [1.165, 1.54) is 5.56 Å². The van der Waals surface area contributed by atoms with Crippen LogP contribution in [0.15, 0.2) is 12.1 Å². The van der Waals surface area contributed by atoms with E-state index in [-0.39, 0.29) is 12.1 Å². The van der Waals surface area contributed by atoms with Crippen molar-refractivity contribution in [2.45, 2.75) is 46.8 Å². The summed E-state index contributed by atoms with van der Waals surface area (Å²) in [6, 6.07) is 3.98. The lowest BCUT2D eigenvalue weighted by molar-refractivity contribution is 0.0117. The van der Waals surface area contributed by atoms with Gasteiger partial charge in [-0.25, -0.2) is 0 Å². The van der Waals surface area contributed by atoms with Crippen LogP contribution in [0.4, 0.5) is 0 Å². The Labute approximate surface area is 117 Å². The zero-order valence-corrected chi connectivity index (χ0v) is 13.0. The van der Waals surface area contributed by atoms with Crippen LogP contribution in [0.1, 0.15) is 43.5 Å². The second-order valence-corrected chi connectivity index (χ2v) is 5.32. The van der Waals surface area contributed by atoms with Crippen LogP contribution in [-0.2, 0) is 4.74 Å². The Balaban J connectivity index is 3.17. The number of aryl methyl sites for hydroxylation is 1. The number of hydrogen-bond acceptors (Lipinski definition) is 3. The van der Waals surface area contributed by atoms with Crippen LogP contribution in [-0.4, -0.2) is 19.8 Å². The van der Waals surface area contributed by atoms with E-state index in [0.717, 1.165) is 16.9 Å². The second-order valence-electron chi connectivity index (χ2n) is 5.32. The summed E-state index contributed by atoms with van der Waals surface area (Å²) in [5.74, 6) is 1.25. The van der Waals surface area contributed by atoms with Gasteiger partial charge in [-0.1, -0.05) is 26.0 Å². The van der Waals surface area contributed by atoms with Crippen LogP contribution in [0.2, 0.25) is 0 Å². The molecule has 3 nitrogen and oxygen atoms in total. The summed E-state index contributed by atoms with van der Waals surface area (Å²) in [7, 11) is 1.70. The van der Waals surface area contributed by atoms with Crippen molar-refractivity contribution in [3.8, 4) is 5.75 Å². The minimum absolute atomic E-state index is 0.000932. The number of nitrogens with two attached hydrogens (primary N) is 1. The van der Waals surface area contributed by atoms with Crippen molar-refractivity contribution in [2.75, 3.05) is 13.7 Å². The molecule has 19 heavy (non-hydrogen) atoms. The number of benzene rings is 1. The molecule has 0 saturated carbocycles. The van der Waals surface area contributed by atoms with Crippen molar-refractivity contribution < 1.29 is 9.47 Å². The van der Waals surface area contributed by atoms with Crippen LogP contribution >= 0.6 is 0 Å². The molecule has 0 spiro atoms. The molecule has 0 aromatic heterocycles. The van der Waals surface area contributed by atoms with Gasteiger partial charge in [0.25, 0.3) is 0 Å². The Morgan fingerprint density at radius 1 is 1.21 bits per heavy atom. The van der Waals surface area contributed by atoms with Gasteiger partial charge in [0, 0.05) is 12.2 Å². The van der Waals surface area contributed by atoms with E-state index < -0.39 is 0 Å². The molecular formula is C16H27NO2. The van der Waals surface area contributed by atoms with E-state index >= 15 is 0 Å². The second kappa shape index (κ2) is 6.92. The zero-order chi connectivity index (χ0) is 14.6. The van der Waals surface area contributed by atoms with Crippen molar-refractivity contribution in [1.82, 2.24) is 0 Å². The fourth-order valence-electron chi connectivity index (χ4n) is 2.42. The molecule has 0 amide bonds. The standard InChI is InChI=1S/C16H27NO2/c1-7-19-15(10(2)3)14(17)13-9-8-11(4)12(5)16(13)18-6/h8-10,14-15H,7,17H2,1-6H3. The van der Waals surface area contributed by atoms with Crippen LogP contribution in [0.5, 0.6) is 5.75 Å². The first-order valence-electron chi connectivity index (χ1n) is 6.95. The molecule has 0 aliphatic heterocycles. The molecule has 0 radical (unpaired) electrons. The SMILES string of the molecule is CCOC(C(C)C)C(N)c1ccc(C)c(C)c1OC. The van der Waals surface area contributed by atoms with E-state index in [0.29, 0.717) is 12.5 Å². The topological polar surface area (TPSA) is 44.5 Å². The van der Waals surface area contributed by atoms with Crippen molar-refractivity contribution in [3.05, 3.63) is 28.8 Å². The van der Waals surface area contributed by atoms with Gasteiger partial charge < -0.3 is 15.2 Å². The Morgan fingerprint density at radius 3 is 2.32 bits per heavy atom. The van der Waals surface area contributed by atoms with Gasteiger partial charge in [-0.05, 0) is 37.8 Å². The summed E-state index contributed by atoms with van der Waals surface area (Å²) >= 11 is 0. The van der Waals surface area contributed by atoms with Gasteiger partial charge in [-0.3, -0.25) is 0 Å². The zero-order valence-electron chi connectivity index (χ0n) is 13.0. The minimum Gasteiger partial charge on any atom is -0.496 e. The van der Waals surface area contributed by atoms with Crippen LogP contribution in [0, 0.1) is 19.8 Å². The highest BCUT2D eigenvalue weighted by Gasteiger charge is 2.26. The molecule has 3 heteroatoms. The number of methoxy groups -OCH3 is 1. The fraction of sp³-hybridized carbons (Fsp3) is 0.625. The lowest BCUT2D eigenvalue weighted by Crippen LogP contribution is -2.33. The van der Waals surface area contributed by atoms with Crippen molar-refractivity contribution in [3.63, 3.8) is 0 Å². The molecule has 2 N–H and O–H groups in total. The Kier molecular flexibility index (Phi) is 5.83. The first-order chi connectivity index (χ1) is 8.93. The molecule has 0 heterocycles. The summed E-state index contributed by atoms with van der Waals surface area (Å²) in [5.41, 5.74) is 9.80. The maximum Gasteiger partial charge on any atom is 0.126 e. The monoisotopic (exact) mass is 265 g/mol. The Hall–Kier alpha value is -1.06. The lowest BCUT2D eigenvalue weighted by atomic mass is 9.91. The summed E-state index contributed by atoms with van der Waals surface area (Å²) in [6.45, 7) is 11.1. The van der Waals surface area contributed by atoms with Gasteiger partial charge in [-0.2, -0.15) is 0 Å². The third-order valence-corrected chi connectivity index (χ3v) is 3.64. The van der Waals surface area contributed by atoms with Crippen LogP contribution in [0.25, 0.3) is 0 Å². The van der Waals surface area contributed by atoms with Gasteiger partial charge in [-0.15, -0.1) is 0 Å². The van der Waals surface area contributed by atoms with Crippen molar-refractivity contribution >= 4 is 0 Å². The number of ether oxygens (including phenoxy) is 2. The molecule has 0 saturated heterocycles. The van der Waals surface area contributed by atoms with Crippen LogP contribution in [0.3, 0.4) is 0 Å².